The van der Waals surface area contributed by atoms with Gasteiger partial charge in [-0.3, -0.25) is 19.2 Å². The second-order valence-corrected chi connectivity index (χ2v) is 11.6. The number of hydrogen-bond donors (Lipinski definition) is 2. The first-order valence-electron chi connectivity index (χ1n) is 12.0. The maximum Gasteiger partial charge on any atom is 0.305 e. The van der Waals surface area contributed by atoms with Gasteiger partial charge in [0.25, 0.3) is 5.91 Å². The van der Waals surface area contributed by atoms with Crippen LogP contribution in [0.3, 0.4) is 0 Å². The maximum absolute atomic E-state index is 13.7. The summed E-state index contributed by atoms with van der Waals surface area (Å²) in [6.45, 7) is -0.175. The molecule has 2 N–H and O–H groups in total. The molecule has 0 bridgehead atoms. The molecule has 6 rings (SSSR count). The van der Waals surface area contributed by atoms with Gasteiger partial charge in [-0.25, -0.2) is 4.90 Å². The van der Waals surface area contributed by atoms with E-state index in [1.807, 2.05) is 18.2 Å². The molecular formula is C28H20ClN3O5S2. The molecule has 0 spiro atoms. The quantitative estimate of drug-likeness (QED) is 0.316. The van der Waals surface area contributed by atoms with Crippen LogP contribution in [-0.2, 0) is 14.4 Å². The zero-order chi connectivity index (χ0) is 27.1. The van der Waals surface area contributed by atoms with E-state index >= 15 is 0 Å². The number of hydrogen-bond acceptors (Lipinski definition) is 7. The summed E-state index contributed by atoms with van der Waals surface area (Å²) in [7, 11) is 0. The van der Waals surface area contributed by atoms with Gasteiger partial charge in [0.05, 0.1) is 16.6 Å². The number of rotatable bonds is 6. The van der Waals surface area contributed by atoms with Crippen LogP contribution in [0.1, 0.15) is 16.4 Å². The average Bonchev–Trinajstić information content (AvgIpc) is 3.43. The van der Waals surface area contributed by atoms with Gasteiger partial charge in [0, 0.05) is 21.5 Å². The molecule has 39 heavy (non-hydrogen) atoms. The Bertz CT molecular complexity index is 1620. The number of nitrogens with one attached hydrogen (secondary N) is 2. The third-order valence-corrected chi connectivity index (χ3v) is 9.23. The number of benzene rings is 3. The Morgan fingerprint density at radius 2 is 1.67 bits per heavy atom. The molecule has 3 heterocycles. The van der Waals surface area contributed by atoms with Gasteiger partial charge in [-0.15, -0.1) is 0 Å². The first-order valence-corrected chi connectivity index (χ1v) is 14.1. The number of imide groups is 1. The van der Waals surface area contributed by atoms with E-state index in [0.717, 1.165) is 21.8 Å². The highest BCUT2D eigenvalue weighted by molar-refractivity contribution is 8.00. The monoisotopic (exact) mass is 577 g/mol. The number of anilines is 2. The molecule has 196 valence electrons. The lowest BCUT2D eigenvalue weighted by Gasteiger charge is -2.29. The Morgan fingerprint density at radius 3 is 2.38 bits per heavy atom. The van der Waals surface area contributed by atoms with Crippen LogP contribution in [0.4, 0.5) is 11.4 Å². The molecule has 1 fully saturated rings. The molecule has 0 saturated carbocycles. The molecule has 2 aliphatic rings. The van der Waals surface area contributed by atoms with E-state index in [4.69, 9.17) is 16.3 Å². The molecule has 0 radical (unpaired) electrons. The van der Waals surface area contributed by atoms with Crippen LogP contribution in [0.2, 0.25) is 5.02 Å². The van der Waals surface area contributed by atoms with Crippen molar-refractivity contribution in [2.75, 3.05) is 16.8 Å². The Kier molecular flexibility index (Phi) is 6.76. The summed E-state index contributed by atoms with van der Waals surface area (Å²) >= 11 is 8.28. The minimum atomic E-state index is -0.694. The zero-order valence-corrected chi connectivity index (χ0v) is 22.5. The first kappa shape index (κ1) is 25.4. The second kappa shape index (κ2) is 10.4. The Balaban J connectivity index is 1.25. The molecular weight excluding hydrogens is 558 g/mol. The number of H-pyrrole nitrogens is 1. The molecule has 11 heteroatoms. The number of carbonyl (C=O) groups excluding carboxylic acids is 3. The van der Waals surface area contributed by atoms with Crippen molar-refractivity contribution in [2.24, 2.45) is 5.92 Å². The SMILES string of the molecule is O=C(COc1ccc([C@H]2c3sc(=O)[nH]c3SC3C(=O)N(c4ccc(Cl)cc4)C(=O)C32)cc1)Nc1ccccc1. The lowest BCUT2D eigenvalue weighted by molar-refractivity contribution is -0.122. The van der Waals surface area contributed by atoms with Gasteiger partial charge in [-0.05, 0) is 54.1 Å². The third-order valence-electron chi connectivity index (χ3n) is 6.58. The fraction of sp³-hybridized carbons (Fsp3) is 0.143. The van der Waals surface area contributed by atoms with E-state index in [0.29, 0.717) is 27.2 Å². The van der Waals surface area contributed by atoms with E-state index in [1.165, 1.54) is 16.7 Å². The van der Waals surface area contributed by atoms with Crippen LogP contribution in [0, 0.1) is 5.92 Å². The molecule has 3 aromatic carbocycles. The summed E-state index contributed by atoms with van der Waals surface area (Å²) in [5.74, 6) is -1.67. The highest BCUT2D eigenvalue weighted by Crippen LogP contribution is 2.53. The Labute approximate surface area is 236 Å². The number of ether oxygens (including phenoxy) is 1. The standard InChI is InChI=1S/C28H20ClN3O5S2/c29-16-8-10-18(11-9-16)32-26(34)22-21(23-25(31-28(36)39-23)38-24(22)27(32)35)15-6-12-19(13-7-15)37-14-20(33)30-17-4-2-1-3-5-17/h1-13,21-22,24H,14H2,(H,30,33)(H,31,36)/t21-,22?,24?/m1/s1. The number of nitrogens with zero attached hydrogens (tertiary/aromatic N) is 1. The van der Waals surface area contributed by atoms with Gasteiger partial charge >= 0.3 is 4.87 Å². The van der Waals surface area contributed by atoms with Gasteiger partial charge in [-0.1, -0.05) is 65.0 Å². The predicted octanol–water partition coefficient (Wildman–Crippen LogP) is 4.90. The fourth-order valence-electron chi connectivity index (χ4n) is 4.86. The number of fused-ring (bicyclic) bond motifs is 2. The molecule has 8 nitrogen and oxygen atoms in total. The minimum Gasteiger partial charge on any atom is -0.484 e. The maximum atomic E-state index is 13.7. The van der Waals surface area contributed by atoms with Crippen molar-refractivity contribution in [3.8, 4) is 5.75 Å². The minimum absolute atomic E-state index is 0.175. The van der Waals surface area contributed by atoms with Gasteiger partial charge in [0.1, 0.15) is 11.0 Å². The van der Waals surface area contributed by atoms with E-state index in [1.54, 1.807) is 60.7 Å². The second-order valence-electron chi connectivity index (χ2n) is 9.01. The van der Waals surface area contributed by atoms with Crippen LogP contribution in [-0.4, -0.2) is 34.6 Å². The summed E-state index contributed by atoms with van der Waals surface area (Å²) in [5.41, 5.74) is 1.90. The number of carbonyl (C=O) groups is 3. The topological polar surface area (TPSA) is 109 Å². The van der Waals surface area contributed by atoms with Crippen LogP contribution in [0.15, 0.2) is 88.7 Å². The number of para-hydroxylation sites is 1. The van der Waals surface area contributed by atoms with Crippen molar-refractivity contribution in [3.05, 3.63) is 104 Å². The summed E-state index contributed by atoms with van der Waals surface area (Å²) in [6.07, 6.45) is 0. The molecule has 2 aliphatic heterocycles. The van der Waals surface area contributed by atoms with Gasteiger partial charge < -0.3 is 15.0 Å². The molecule has 1 saturated heterocycles. The number of aromatic amines is 1. The van der Waals surface area contributed by atoms with Crippen molar-refractivity contribution in [3.63, 3.8) is 0 Å². The number of thiazole rings is 1. The number of thioether (sulfide) groups is 1. The number of aromatic nitrogens is 1. The van der Waals surface area contributed by atoms with Gasteiger partial charge in [0.15, 0.2) is 6.61 Å². The first-order chi connectivity index (χ1) is 18.9. The molecule has 1 aromatic heterocycles. The third kappa shape index (κ3) is 4.87. The molecule has 3 atom stereocenters. The average molecular weight is 578 g/mol. The lowest BCUT2D eigenvalue weighted by atomic mass is 9.83. The molecule has 2 unspecified atom stereocenters. The Morgan fingerprint density at radius 1 is 0.949 bits per heavy atom. The van der Waals surface area contributed by atoms with Crippen molar-refractivity contribution in [1.29, 1.82) is 0 Å². The van der Waals surface area contributed by atoms with Crippen molar-refractivity contribution in [1.82, 2.24) is 4.98 Å². The van der Waals surface area contributed by atoms with Gasteiger partial charge in [0.2, 0.25) is 11.8 Å². The van der Waals surface area contributed by atoms with Crippen molar-refractivity contribution < 1.29 is 19.1 Å². The molecule has 0 aliphatic carbocycles. The normalized spacial score (nSPS) is 19.9. The van der Waals surface area contributed by atoms with Crippen molar-refractivity contribution in [2.45, 2.75) is 16.2 Å². The van der Waals surface area contributed by atoms with E-state index in [9.17, 15) is 19.2 Å². The van der Waals surface area contributed by atoms with Crippen molar-refractivity contribution >= 4 is 63.8 Å². The molecule has 4 aromatic rings. The van der Waals surface area contributed by atoms with Crippen LogP contribution in [0.5, 0.6) is 5.75 Å². The van der Waals surface area contributed by atoms with Crippen LogP contribution < -0.4 is 19.8 Å². The van der Waals surface area contributed by atoms with E-state index in [2.05, 4.69) is 10.3 Å². The van der Waals surface area contributed by atoms with Crippen LogP contribution >= 0.6 is 34.7 Å². The Hall–Kier alpha value is -3.86. The summed E-state index contributed by atoms with van der Waals surface area (Å²) in [5, 5.41) is 3.18. The molecule has 3 amide bonds. The largest absolute Gasteiger partial charge is 0.484 e. The summed E-state index contributed by atoms with van der Waals surface area (Å²) < 4.78 is 5.66. The van der Waals surface area contributed by atoms with E-state index < -0.39 is 17.1 Å². The number of amides is 3. The highest BCUT2D eigenvalue weighted by Gasteiger charge is 2.56. The van der Waals surface area contributed by atoms with Crippen LogP contribution in [0.25, 0.3) is 0 Å². The summed E-state index contributed by atoms with van der Waals surface area (Å²) in [4.78, 5) is 56.2. The predicted molar refractivity (Wildman–Crippen MR) is 151 cm³/mol. The zero-order valence-electron chi connectivity index (χ0n) is 20.1. The number of halogens is 1. The lowest BCUT2D eigenvalue weighted by Crippen LogP contribution is -2.32. The fourth-order valence-corrected chi connectivity index (χ4v) is 7.50. The summed E-state index contributed by atoms with van der Waals surface area (Å²) in [6, 6.07) is 22.7. The van der Waals surface area contributed by atoms with E-state index in [-0.39, 0.29) is 29.2 Å². The highest BCUT2D eigenvalue weighted by atomic mass is 35.5. The smallest absolute Gasteiger partial charge is 0.305 e. The van der Waals surface area contributed by atoms with Gasteiger partial charge in [-0.2, -0.15) is 0 Å².